The monoisotopic (exact) mass is 422 g/mol. The highest BCUT2D eigenvalue weighted by Crippen LogP contribution is 2.51. The van der Waals surface area contributed by atoms with E-state index < -0.39 is 0 Å². The Hall–Kier alpha value is -3.90. The molecule has 158 valence electrons. The molecule has 0 bridgehead atoms. The molecule has 0 heterocycles. The highest BCUT2D eigenvalue weighted by Gasteiger charge is 2.36. The minimum Gasteiger partial charge on any atom is -0.0622 e. The van der Waals surface area contributed by atoms with Crippen LogP contribution in [0.1, 0.15) is 25.0 Å². The van der Waals surface area contributed by atoms with Crippen LogP contribution in [0.3, 0.4) is 0 Å². The summed E-state index contributed by atoms with van der Waals surface area (Å²) in [4.78, 5) is 0. The van der Waals surface area contributed by atoms with E-state index in [1.807, 2.05) is 0 Å². The summed E-state index contributed by atoms with van der Waals surface area (Å²) >= 11 is 0. The first-order valence-corrected chi connectivity index (χ1v) is 11.6. The highest BCUT2D eigenvalue weighted by atomic mass is 14.4. The smallest absolute Gasteiger partial charge is 0.0159 e. The zero-order valence-corrected chi connectivity index (χ0v) is 19.0. The molecule has 0 saturated heterocycles. The Kier molecular flexibility index (Phi) is 4.55. The molecule has 0 heteroatoms. The van der Waals surface area contributed by atoms with E-state index >= 15 is 0 Å². The van der Waals surface area contributed by atoms with Gasteiger partial charge in [0.25, 0.3) is 0 Å². The molecule has 5 aromatic carbocycles. The summed E-state index contributed by atoms with van der Waals surface area (Å²) in [5, 5.41) is 0. The van der Waals surface area contributed by atoms with E-state index in [9.17, 15) is 0 Å². The molecular weight excluding hydrogens is 396 g/mol. The molecule has 33 heavy (non-hydrogen) atoms. The fraction of sp³-hybridized carbons (Fsp3) is 0.0909. The van der Waals surface area contributed by atoms with Crippen LogP contribution in [0.15, 0.2) is 121 Å². The Morgan fingerprint density at radius 2 is 0.909 bits per heavy atom. The zero-order valence-electron chi connectivity index (χ0n) is 19.0. The van der Waals surface area contributed by atoms with Gasteiger partial charge in [0.1, 0.15) is 0 Å². The number of fused-ring (bicyclic) bond motifs is 3. The van der Waals surface area contributed by atoms with Crippen molar-refractivity contribution in [2.45, 2.75) is 19.3 Å². The number of hydrogen-bond donors (Lipinski definition) is 0. The maximum absolute atomic E-state index is 2.34. The van der Waals surface area contributed by atoms with Gasteiger partial charge in [0, 0.05) is 5.41 Å². The normalized spacial score (nSPS) is 13.4. The van der Waals surface area contributed by atoms with E-state index in [-0.39, 0.29) is 5.41 Å². The molecule has 0 radical (unpaired) electrons. The van der Waals surface area contributed by atoms with Gasteiger partial charge < -0.3 is 0 Å². The van der Waals surface area contributed by atoms with Crippen molar-refractivity contribution < 1.29 is 0 Å². The molecule has 6 rings (SSSR count). The molecule has 0 saturated carbocycles. The number of benzene rings is 5. The summed E-state index contributed by atoms with van der Waals surface area (Å²) in [6.45, 7) is 4.68. The second kappa shape index (κ2) is 7.60. The molecule has 1 aliphatic rings. The van der Waals surface area contributed by atoms with Gasteiger partial charge in [-0.3, -0.25) is 0 Å². The highest BCUT2D eigenvalue weighted by molar-refractivity contribution is 5.92. The van der Waals surface area contributed by atoms with Gasteiger partial charge in [-0.05, 0) is 61.7 Å². The lowest BCUT2D eigenvalue weighted by atomic mass is 9.82. The van der Waals surface area contributed by atoms with Crippen LogP contribution in [0.25, 0.3) is 44.5 Å². The molecule has 0 unspecified atom stereocenters. The van der Waals surface area contributed by atoms with E-state index in [4.69, 9.17) is 0 Å². The number of hydrogen-bond acceptors (Lipinski definition) is 0. The molecule has 0 aliphatic heterocycles. The summed E-state index contributed by atoms with van der Waals surface area (Å²) in [6.07, 6.45) is 0. The molecular formula is C33H26. The third-order valence-corrected chi connectivity index (χ3v) is 7.11. The first kappa shape index (κ1) is 19.8. The van der Waals surface area contributed by atoms with Crippen molar-refractivity contribution in [1.29, 1.82) is 0 Å². The van der Waals surface area contributed by atoms with Gasteiger partial charge in [0.2, 0.25) is 0 Å². The lowest BCUT2D eigenvalue weighted by Gasteiger charge is -2.21. The molecule has 0 aromatic heterocycles. The molecule has 1 aliphatic carbocycles. The second-order valence-electron chi connectivity index (χ2n) is 9.42. The van der Waals surface area contributed by atoms with E-state index in [2.05, 4.69) is 135 Å². The fourth-order valence-corrected chi connectivity index (χ4v) is 5.35. The quantitative estimate of drug-likeness (QED) is 0.272. The summed E-state index contributed by atoms with van der Waals surface area (Å²) < 4.78 is 0. The summed E-state index contributed by atoms with van der Waals surface area (Å²) in [6, 6.07) is 44.1. The van der Waals surface area contributed by atoms with Crippen LogP contribution in [0.4, 0.5) is 0 Å². The van der Waals surface area contributed by atoms with Crippen molar-refractivity contribution in [3.63, 3.8) is 0 Å². The first-order chi connectivity index (χ1) is 16.1. The molecule has 0 amide bonds. The molecule has 0 spiro atoms. The van der Waals surface area contributed by atoms with Crippen molar-refractivity contribution in [2.24, 2.45) is 0 Å². The predicted octanol–water partition coefficient (Wildman–Crippen LogP) is 8.99. The fourth-order valence-electron chi connectivity index (χ4n) is 5.35. The average molecular weight is 423 g/mol. The largest absolute Gasteiger partial charge is 0.0622 e. The van der Waals surface area contributed by atoms with Crippen LogP contribution >= 0.6 is 0 Å². The summed E-state index contributed by atoms with van der Waals surface area (Å²) in [5.74, 6) is 0. The number of rotatable bonds is 3. The van der Waals surface area contributed by atoms with E-state index in [0.29, 0.717) is 0 Å². The van der Waals surface area contributed by atoms with Gasteiger partial charge in [0.05, 0.1) is 0 Å². The van der Waals surface area contributed by atoms with Gasteiger partial charge >= 0.3 is 0 Å². The molecule has 0 atom stereocenters. The van der Waals surface area contributed by atoms with Gasteiger partial charge in [-0.1, -0.05) is 129 Å². The Bertz CT molecular complexity index is 1450. The second-order valence-corrected chi connectivity index (χ2v) is 9.42. The average Bonchev–Trinajstić information content (AvgIpc) is 3.12. The Labute approximate surface area is 196 Å². The SMILES string of the molecule is CC1(C)c2ccccc2-c2c(-c3ccc(-c4cccc(-c5ccccc5)c4)cc3)cccc21. The van der Waals surface area contributed by atoms with Crippen LogP contribution in [0.2, 0.25) is 0 Å². The summed E-state index contributed by atoms with van der Waals surface area (Å²) in [5.41, 5.74) is 13.2. The third-order valence-electron chi connectivity index (χ3n) is 7.11. The van der Waals surface area contributed by atoms with Gasteiger partial charge in [-0.15, -0.1) is 0 Å². The van der Waals surface area contributed by atoms with Crippen molar-refractivity contribution in [3.8, 4) is 44.5 Å². The lowest BCUT2D eigenvalue weighted by Crippen LogP contribution is -2.14. The minimum absolute atomic E-state index is 0.0275. The van der Waals surface area contributed by atoms with Crippen LogP contribution in [-0.4, -0.2) is 0 Å². The van der Waals surface area contributed by atoms with Crippen LogP contribution in [0, 0.1) is 0 Å². The van der Waals surface area contributed by atoms with Crippen LogP contribution in [-0.2, 0) is 5.41 Å². The van der Waals surface area contributed by atoms with E-state index in [1.165, 1.54) is 55.6 Å². The summed E-state index contributed by atoms with van der Waals surface area (Å²) in [7, 11) is 0. The Morgan fingerprint density at radius 1 is 0.394 bits per heavy atom. The third kappa shape index (κ3) is 3.22. The topological polar surface area (TPSA) is 0 Å². The standard InChI is InChI=1S/C33H26/c1-33(2)30-16-7-6-14-29(30)32-28(15-9-17-31(32)33)25-20-18-24(19-21-25)27-13-8-12-26(22-27)23-10-4-3-5-11-23/h3-22H,1-2H3. The van der Waals surface area contributed by atoms with E-state index in [1.54, 1.807) is 0 Å². The Morgan fingerprint density at radius 3 is 1.67 bits per heavy atom. The Balaban J connectivity index is 1.41. The van der Waals surface area contributed by atoms with Crippen molar-refractivity contribution in [2.75, 3.05) is 0 Å². The lowest BCUT2D eigenvalue weighted by molar-refractivity contribution is 0.660. The van der Waals surface area contributed by atoms with Crippen molar-refractivity contribution >= 4 is 0 Å². The molecule has 0 fully saturated rings. The maximum Gasteiger partial charge on any atom is 0.0159 e. The molecule has 0 nitrogen and oxygen atoms in total. The van der Waals surface area contributed by atoms with Gasteiger partial charge in [-0.25, -0.2) is 0 Å². The predicted molar refractivity (Wildman–Crippen MR) is 140 cm³/mol. The molecule has 0 N–H and O–H groups in total. The van der Waals surface area contributed by atoms with Crippen LogP contribution in [0.5, 0.6) is 0 Å². The zero-order chi connectivity index (χ0) is 22.4. The van der Waals surface area contributed by atoms with Crippen molar-refractivity contribution in [3.05, 3.63) is 132 Å². The van der Waals surface area contributed by atoms with Gasteiger partial charge in [0.15, 0.2) is 0 Å². The van der Waals surface area contributed by atoms with Gasteiger partial charge in [-0.2, -0.15) is 0 Å². The van der Waals surface area contributed by atoms with Crippen LogP contribution < -0.4 is 0 Å². The minimum atomic E-state index is 0.0275. The maximum atomic E-state index is 2.34. The molecule has 5 aromatic rings. The first-order valence-electron chi connectivity index (χ1n) is 11.6. The van der Waals surface area contributed by atoms with E-state index in [0.717, 1.165) is 0 Å². The van der Waals surface area contributed by atoms with Crippen molar-refractivity contribution in [1.82, 2.24) is 0 Å².